The summed E-state index contributed by atoms with van der Waals surface area (Å²) in [6.07, 6.45) is -16.9. The van der Waals surface area contributed by atoms with Crippen LogP contribution in [0.2, 0.25) is 0 Å². The number of esters is 1. The number of carbonyl (C=O) groups is 2. The molecule has 8 rings (SSSR count). The highest BCUT2D eigenvalue weighted by atomic mass is 16.8. The number of methoxy groups -OCH3 is 1. The van der Waals surface area contributed by atoms with Crippen LogP contribution in [0.1, 0.15) is 113 Å². The van der Waals surface area contributed by atoms with Crippen LogP contribution in [0.25, 0.3) is 0 Å². The molecule has 4 saturated carbocycles. The molecule has 0 bridgehead atoms. The van der Waals surface area contributed by atoms with Gasteiger partial charge in [-0.15, -0.1) is 0 Å². The molecule has 7 fully saturated rings. The fraction of sp³-hybridized carbons (Fsp3) is 0.918. The van der Waals surface area contributed by atoms with Crippen molar-refractivity contribution in [1.29, 1.82) is 0 Å². The van der Waals surface area contributed by atoms with E-state index in [1.807, 2.05) is 6.92 Å². The molecule has 18 heteroatoms. The van der Waals surface area contributed by atoms with Gasteiger partial charge >= 0.3 is 5.97 Å². The van der Waals surface area contributed by atoms with Crippen LogP contribution >= 0.6 is 0 Å². The summed E-state index contributed by atoms with van der Waals surface area (Å²) in [4.78, 5) is 26.9. The van der Waals surface area contributed by atoms with Crippen LogP contribution in [0.15, 0.2) is 11.6 Å². The number of hydrogen-bond acceptors (Lipinski definition) is 18. The summed E-state index contributed by atoms with van der Waals surface area (Å²) in [5.74, 6) is -0.283. The third kappa shape index (κ3) is 8.02. The third-order valence-electron chi connectivity index (χ3n) is 19.4. The summed E-state index contributed by atoms with van der Waals surface area (Å²) < 4.78 is 41.6. The molecule has 0 radical (unpaired) electrons. The van der Waals surface area contributed by atoms with Crippen LogP contribution in [-0.2, 0) is 42.7 Å². The maximum atomic E-state index is 13.8. The number of Topliss-reactive ketones (excluding diaryl/α,β-unsaturated/α-hetero) is 1. The lowest BCUT2D eigenvalue weighted by atomic mass is 9.33. The number of aliphatic hydroxyl groups is 9. The Kier molecular flexibility index (Phi) is 13.9. The normalized spacial score (nSPS) is 54.1. The quantitative estimate of drug-likeness (QED) is 0.0886. The zero-order valence-electron chi connectivity index (χ0n) is 40.5. The lowest BCUT2D eigenvalue weighted by molar-refractivity contribution is -0.396. The minimum absolute atomic E-state index is 0.0705. The van der Waals surface area contributed by atoms with E-state index in [0.717, 1.165) is 45.6 Å². The molecular formula is C49H78O18. The first-order valence-electron chi connectivity index (χ1n) is 24.5. The van der Waals surface area contributed by atoms with E-state index in [1.165, 1.54) is 12.5 Å². The Hall–Kier alpha value is -1.72. The number of rotatable bonds is 9. The maximum absolute atomic E-state index is 13.8. The molecule has 3 aliphatic heterocycles. The molecule has 67 heavy (non-hydrogen) atoms. The summed E-state index contributed by atoms with van der Waals surface area (Å²) in [5.41, 5.74) is -0.412. The molecule has 24 atom stereocenters. The summed E-state index contributed by atoms with van der Waals surface area (Å²) in [6, 6.07) is 0. The van der Waals surface area contributed by atoms with Gasteiger partial charge in [0.15, 0.2) is 25.0 Å². The van der Waals surface area contributed by atoms with Crippen molar-refractivity contribution in [2.45, 2.75) is 211 Å². The first-order chi connectivity index (χ1) is 31.3. The van der Waals surface area contributed by atoms with Gasteiger partial charge in [0.2, 0.25) is 0 Å². The number of allylic oxidation sites excluding steroid dienone is 2. The van der Waals surface area contributed by atoms with Gasteiger partial charge in [-0.05, 0) is 97.7 Å². The molecule has 0 unspecified atom stereocenters. The number of hydrogen-bond donors (Lipinski definition) is 9. The molecule has 3 heterocycles. The summed E-state index contributed by atoms with van der Waals surface area (Å²) in [5, 5.41) is 98.7. The fourth-order valence-electron chi connectivity index (χ4n) is 15.0. The van der Waals surface area contributed by atoms with Crippen molar-refractivity contribution < 1.29 is 88.7 Å². The van der Waals surface area contributed by atoms with Gasteiger partial charge in [-0.25, -0.2) is 4.79 Å². The Morgan fingerprint density at radius 1 is 0.716 bits per heavy atom. The van der Waals surface area contributed by atoms with E-state index < -0.39 is 116 Å². The first kappa shape index (κ1) is 51.6. The molecule has 0 spiro atoms. The van der Waals surface area contributed by atoms with Gasteiger partial charge in [0, 0.05) is 17.3 Å². The summed E-state index contributed by atoms with van der Waals surface area (Å²) in [7, 11) is 1.09. The minimum Gasteiger partial charge on any atom is -0.467 e. The molecule has 5 aliphatic carbocycles. The predicted molar refractivity (Wildman–Crippen MR) is 234 cm³/mol. The number of aliphatic hydroxyl groups excluding tert-OH is 9. The van der Waals surface area contributed by atoms with Crippen molar-refractivity contribution in [2.24, 2.45) is 50.2 Å². The second kappa shape index (κ2) is 18.1. The molecule has 0 aromatic carbocycles. The largest absolute Gasteiger partial charge is 0.467 e. The predicted octanol–water partition coefficient (Wildman–Crippen LogP) is 1.00. The Morgan fingerprint density at radius 3 is 2.00 bits per heavy atom. The third-order valence-corrected chi connectivity index (χ3v) is 19.4. The van der Waals surface area contributed by atoms with E-state index in [1.54, 1.807) is 0 Å². The number of ether oxygens (including phenoxy) is 7. The van der Waals surface area contributed by atoms with Crippen molar-refractivity contribution in [3.63, 3.8) is 0 Å². The molecule has 0 aromatic heterocycles. The SMILES string of the molecule is COC(=O)[C@H]1O[C@@H](O[C@H]2CC[C@@]3(C)[C@@H](CC[C@]4(C)[C@@H]3CC=C3[C@@H]5CC(C)(C)CC(=O)[C@]5(C)CC[C@]34C)[C@@]2(C)CO)[C@H](O[C@@H]2O[C@H](CO)[C@H](O)[C@H](O)[C@H]2O[C@@H]2O[C@@H](C)[C@H](O)[C@@H](O)[C@H]2O)[C@@H](O)[C@@H]1O. The lowest BCUT2D eigenvalue weighted by Crippen LogP contribution is -2.68. The van der Waals surface area contributed by atoms with Gasteiger partial charge in [-0.3, -0.25) is 4.79 Å². The Labute approximate surface area is 393 Å². The van der Waals surface area contributed by atoms with E-state index in [0.29, 0.717) is 25.0 Å². The fourth-order valence-corrected chi connectivity index (χ4v) is 15.0. The molecule has 382 valence electrons. The topological polar surface area (TPSA) is 281 Å². The van der Waals surface area contributed by atoms with Gasteiger partial charge in [0.05, 0.1) is 32.5 Å². The van der Waals surface area contributed by atoms with Crippen LogP contribution in [0.5, 0.6) is 0 Å². The van der Waals surface area contributed by atoms with E-state index >= 15 is 0 Å². The van der Waals surface area contributed by atoms with Crippen LogP contribution in [-0.4, -0.2) is 176 Å². The second-order valence-electron chi connectivity index (χ2n) is 23.6. The molecule has 0 amide bonds. The van der Waals surface area contributed by atoms with Crippen molar-refractivity contribution in [2.75, 3.05) is 20.3 Å². The van der Waals surface area contributed by atoms with Crippen LogP contribution in [0, 0.1) is 50.2 Å². The Balaban J connectivity index is 1.08. The van der Waals surface area contributed by atoms with Gasteiger partial charge in [0.25, 0.3) is 0 Å². The lowest BCUT2D eigenvalue weighted by Gasteiger charge is -2.71. The van der Waals surface area contributed by atoms with Crippen molar-refractivity contribution in [1.82, 2.24) is 0 Å². The Bertz CT molecular complexity index is 1880. The molecular weight excluding hydrogens is 877 g/mol. The average Bonchev–Trinajstić information content (AvgIpc) is 3.28. The van der Waals surface area contributed by atoms with Crippen LogP contribution in [0.4, 0.5) is 0 Å². The minimum atomic E-state index is -1.95. The maximum Gasteiger partial charge on any atom is 0.337 e. The molecule has 9 N–H and O–H groups in total. The number of fused-ring (bicyclic) bond motifs is 7. The first-order valence-corrected chi connectivity index (χ1v) is 24.5. The van der Waals surface area contributed by atoms with Gasteiger partial charge in [0.1, 0.15) is 66.8 Å². The standard InChI is InChI=1S/C49H78O18/c1-22-30(53)32(55)36(59)41(62-22)66-38-33(56)31(54)25(20-50)63-42(38)67-39-35(58)34(57)37(40(60)61-9)65-43(39)64-29-13-14-46(5)26(47(29,6)21-51)12-15-49(8)27(46)11-10-23-24-18-44(2,3)19-28(52)45(24,4)16-17-48(23,49)7/h10,22,24-27,29-39,41-43,50-51,53-59H,11-21H2,1-9H3/t22-,24-,25+,26+,27+,29-,30-,31-,32+,33-,34-,35-,36+,37-,38+,39+,41-,42-,43+,45+,46-,47+,48+,49+/m0/s1. The molecule has 8 aliphatic rings. The monoisotopic (exact) mass is 955 g/mol. The van der Waals surface area contributed by atoms with E-state index in [4.69, 9.17) is 33.2 Å². The highest BCUT2D eigenvalue weighted by Gasteiger charge is 2.70. The number of ketones is 1. The van der Waals surface area contributed by atoms with Crippen molar-refractivity contribution in [3.8, 4) is 0 Å². The van der Waals surface area contributed by atoms with E-state index in [-0.39, 0.29) is 51.4 Å². The molecule has 0 aromatic rings. The van der Waals surface area contributed by atoms with Gasteiger partial charge in [-0.1, -0.05) is 60.1 Å². The smallest absolute Gasteiger partial charge is 0.337 e. The van der Waals surface area contributed by atoms with E-state index in [2.05, 4.69) is 47.6 Å². The number of carbonyl (C=O) groups excluding carboxylic acids is 2. The summed E-state index contributed by atoms with van der Waals surface area (Å²) >= 11 is 0. The van der Waals surface area contributed by atoms with Gasteiger partial charge in [-0.2, -0.15) is 0 Å². The zero-order chi connectivity index (χ0) is 49.1. The van der Waals surface area contributed by atoms with Crippen molar-refractivity contribution >= 4 is 11.8 Å². The van der Waals surface area contributed by atoms with Crippen molar-refractivity contribution in [3.05, 3.63) is 11.6 Å². The average molecular weight is 955 g/mol. The van der Waals surface area contributed by atoms with E-state index in [9.17, 15) is 55.5 Å². The zero-order valence-corrected chi connectivity index (χ0v) is 40.5. The highest BCUT2D eigenvalue weighted by molar-refractivity contribution is 5.87. The Morgan fingerprint density at radius 2 is 1.36 bits per heavy atom. The summed E-state index contributed by atoms with van der Waals surface area (Å²) in [6.45, 7) is 16.2. The van der Waals surface area contributed by atoms with Crippen LogP contribution in [0.3, 0.4) is 0 Å². The molecule has 3 saturated heterocycles. The highest BCUT2D eigenvalue weighted by Crippen LogP contribution is 2.75. The van der Waals surface area contributed by atoms with Crippen LogP contribution < -0.4 is 0 Å². The second-order valence-corrected chi connectivity index (χ2v) is 23.6. The van der Waals surface area contributed by atoms with Gasteiger partial charge < -0.3 is 79.1 Å². The molecule has 18 nitrogen and oxygen atoms in total.